The smallest absolute Gasteiger partial charge is 0.314 e. The van der Waals surface area contributed by atoms with Gasteiger partial charge in [-0.15, -0.1) is 0 Å². The van der Waals surface area contributed by atoms with E-state index in [0.29, 0.717) is 13.0 Å². The second-order valence-corrected chi connectivity index (χ2v) is 7.01. The van der Waals surface area contributed by atoms with Crippen LogP contribution in [-0.4, -0.2) is 43.4 Å². The molecule has 0 amide bonds. The van der Waals surface area contributed by atoms with Crippen molar-refractivity contribution in [2.24, 2.45) is 5.41 Å². The van der Waals surface area contributed by atoms with E-state index in [-0.39, 0.29) is 12.0 Å². The Kier molecular flexibility index (Phi) is 8.08. The van der Waals surface area contributed by atoms with Crippen LogP contribution in [0.3, 0.4) is 0 Å². The highest BCUT2D eigenvalue weighted by molar-refractivity contribution is 5.75. The summed E-state index contributed by atoms with van der Waals surface area (Å²) < 4.78 is 14.5. The van der Waals surface area contributed by atoms with Crippen LogP contribution in [0.25, 0.3) is 0 Å². The molecule has 0 rings (SSSR count). The molecule has 0 radical (unpaired) electrons. The maximum Gasteiger partial charge on any atom is 0.314 e. The summed E-state index contributed by atoms with van der Waals surface area (Å²) in [6.45, 7) is 11.1. The van der Waals surface area contributed by atoms with Crippen molar-refractivity contribution in [2.45, 2.75) is 59.6 Å². The molecule has 0 aliphatic carbocycles. The van der Waals surface area contributed by atoms with E-state index in [1.54, 1.807) is 20.8 Å². The molecule has 22 heavy (non-hydrogen) atoms. The molecular weight excluding hydrogens is 290 g/mol. The molecule has 0 heterocycles. The first-order valence-corrected chi connectivity index (χ1v) is 7.12. The Morgan fingerprint density at radius 1 is 1.09 bits per heavy atom. The third kappa shape index (κ3) is 10.1. The fourth-order valence-corrected chi connectivity index (χ4v) is 1.28. The molecule has 7 heteroatoms. The van der Waals surface area contributed by atoms with Crippen LogP contribution in [-0.2, 0) is 28.6 Å². The average molecular weight is 317 g/mol. The molecule has 0 saturated heterocycles. The third-order valence-corrected chi connectivity index (χ3v) is 2.52. The summed E-state index contributed by atoms with van der Waals surface area (Å²) in [7, 11) is 0. The number of hydrogen-bond acceptors (Lipinski definition) is 7. The van der Waals surface area contributed by atoms with Gasteiger partial charge in [-0.25, -0.2) is 0 Å². The van der Waals surface area contributed by atoms with Crippen molar-refractivity contribution in [2.75, 3.05) is 13.3 Å². The summed E-state index contributed by atoms with van der Waals surface area (Å²) in [5.74, 6) is -1.07. The van der Waals surface area contributed by atoms with Crippen LogP contribution in [0.1, 0.15) is 48.0 Å². The van der Waals surface area contributed by atoms with Gasteiger partial charge in [-0.3, -0.25) is 14.4 Å². The van der Waals surface area contributed by atoms with Crippen LogP contribution in [0.2, 0.25) is 0 Å². The van der Waals surface area contributed by atoms with E-state index < -0.39 is 30.3 Å². The lowest BCUT2D eigenvalue weighted by molar-refractivity contribution is -0.174. The summed E-state index contributed by atoms with van der Waals surface area (Å²) >= 11 is 0. The Bertz CT molecular complexity index is 380. The molecule has 0 fully saturated rings. The highest BCUT2D eigenvalue weighted by Crippen LogP contribution is 2.15. The van der Waals surface area contributed by atoms with Crippen molar-refractivity contribution >= 4 is 18.4 Å². The van der Waals surface area contributed by atoms with E-state index in [1.807, 2.05) is 20.8 Å². The van der Waals surface area contributed by atoms with Gasteiger partial charge < -0.3 is 19.5 Å². The first-order valence-electron chi connectivity index (χ1n) is 7.12. The predicted molar refractivity (Wildman–Crippen MR) is 79.8 cm³/mol. The summed E-state index contributed by atoms with van der Waals surface area (Å²) in [4.78, 5) is 33.6. The largest absolute Gasteiger partial charge is 0.463 e. The van der Waals surface area contributed by atoms with Crippen molar-refractivity contribution < 1.29 is 28.6 Å². The Balaban J connectivity index is 4.18. The van der Waals surface area contributed by atoms with E-state index >= 15 is 0 Å². The lowest BCUT2D eigenvalue weighted by Crippen LogP contribution is -2.42. The van der Waals surface area contributed by atoms with Gasteiger partial charge in [-0.05, 0) is 41.5 Å². The van der Waals surface area contributed by atoms with Gasteiger partial charge in [0.15, 0.2) is 0 Å². The highest BCUT2D eigenvalue weighted by Gasteiger charge is 2.24. The zero-order chi connectivity index (χ0) is 17.4. The van der Waals surface area contributed by atoms with Crippen LogP contribution in [0, 0.1) is 5.41 Å². The number of hydrogen-bond donors (Lipinski definition) is 1. The molecule has 0 spiro atoms. The van der Waals surface area contributed by atoms with Gasteiger partial charge in [0.25, 0.3) is 6.47 Å². The van der Waals surface area contributed by atoms with Crippen molar-refractivity contribution in [3.63, 3.8) is 0 Å². The number of carbonyl (C=O) groups excluding carboxylic acids is 3. The Hall–Kier alpha value is -1.63. The minimum absolute atomic E-state index is 0.116. The quantitative estimate of drug-likeness (QED) is 0.411. The molecule has 0 aromatic rings. The molecule has 1 unspecified atom stereocenters. The lowest BCUT2D eigenvalue weighted by Gasteiger charge is -2.24. The molecule has 0 bridgehead atoms. The summed E-state index contributed by atoms with van der Waals surface area (Å²) in [5.41, 5.74) is -0.831. The van der Waals surface area contributed by atoms with Crippen molar-refractivity contribution in [3.8, 4) is 0 Å². The monoisotopic (exact) mass is 317 g/mol. The van der Waals surface area contributed by atoms with E-state index in [2.05, 4.69) is 5.32 Å². The van der Waals surface area contributed by atoms with Crippen LogP contribution in [0.4, 0.5) is 0 Å². The first kappa shape index (κ1) is 20.4. The normalized spacial score (nSPS) is 13.2. The number of nitrogens with one attached hydrogen (secondary N) is 1. The molecule has 7 nitrogen and oxygen atoms in total. The number of esters is 2. The summed E-state index contributed by atoms with van der Waals surface area (Å²) in [6.07, 6.45) is -0.753. The summed E-state index contributed by atoms with van der Waals surface area (Å²) in [5, 5.41) is 3.13. The van der Waals surface area contributed by atoms with E-state index in [9.17, 15) is 14.4 Å². The maximum atomic E-state index is 11.6. The Morgan fingerprint density at radius 3 is 2.14 bits per heavy atom. The van der Waals surface area contributed by atoms with Crippen molar-refractivity contribution in [1.29, 1.82) is 0 Å². The fraction of sp³-hybridized carbons (Fsp3) is 0.800. The van der Waals surface area contributed by atoms with Crippen LogP contribution < -0.4 is 5.32 Å². The molecule has 0 saturated carbocycles. The Labute approximate surface area is 131 Å². The van der Waals surface area contributed by atoms with Gasteiger partial charge in [0.05, 0.1) is 11.8 Å². The van der Waals surface area contributed by atoms with E-state index in [4.69, 9.17) is 14.2 Å². The van der Waals surface area contributed by atoms with Crippen LogP contribution in [0.15, 0.2) is 0 Å². The van der Waals surface area contributed by atoms with Crippen molar-refractivity contribution in [3.05, 3.63) is 0 Å². The molecule has 0 aliphatic rings. The summed E-state index contributed by atoms with van der Waals surface area (Å²) in [6, 6.07) is 0. The molecule has 0 aromatic carbocycles. The lowest BCUT2D eigenvalue weighted by atomic mass is 9.98. The fourth-order valence-electron chi connectivity index (χ4n) is 1.28. The molecule has 128 valence electrons. The van der Waals surface area contributed by atoms with Gasteiger partial charge in [0, 0.05) is 12.1 Å². The second kappa shape index (κ2) is 8.73. The molecule has 0 aliphatic heterocycles. The minimum Gasteiger partial charge on any atom is -0.463 e. The maximum absolute atomic E-state index is 11.6. The van der Waals surface area contributed by atoms with Gasteiger partial charge >= 0.3 is 11.9 Å². The standard InChI is InChI=1S/C15H27NO6/c1-14(2,3)13(19)22-10-21-12(18)7-11(20-9-17)8-16-15(4,5)6/h9,11,16H,7-8,10H2,1-6H3. The second-order valence-electron chi connectivity index (χ2n) is 7.01. The van der Waals surface area contributed by atoms with Gasteiger partial charge in [-0.2, -0.15) is 0 Å². The minimum atomic E-state index is -0.661. The molecule has 1 N–H and O–H groups in total. The van der Waals surface area contributed by atoms with Gasteiger partial charge in [0.1, 0.15) is 6.10 Å². The van der Waals surface area contributed by atoms with E-state index in [1.165, 1.54) is 0 Å². The van der Waals surface area contributed by atoms with Crippen LogP contribution in [0.5, 0.6) is 0 Å². The number of ether oxygens (including phenoxy) is 3. The van der Waals surface area contributed by atoms with Crippen LogP contribution >= 0.6 is 0 Å². The van der Waals surface area contributed by atoms with Gasteiger partial charge in [0.2, 0.25) is 6.79 Å². The number of carbonyl (C=O) groups is 3. The highest BCUT2D eigenvalue weighted by atomic mass is 16.7. The van der Waals surface area contributed by atoms with Gasteiger partial charge in [-0.1, -0.05) is 0 Å². The Morgan fingerprint density at radius 2 is 1.68 bits per heavy atom. The average Bonchev–Trinajstić information content (AvgIpc) is 2.34. The van der Waals surface area contributed by atoms with Crippen molar-refractivity contribution in [1.82, 2.24) is 5.32 Å². The molecular formula is C15H27NO6. The number of rotatable bonds is 8. The SMILES string of the molecule is CC(C)(C)NCC(CC(=O)OCOC(=O)C(C)(C)C)OC=O. The molecule has 1 atom stereocenters. The zero-order valence-corrected chi connectivity index (χ0v) is 14.2. The zero-order valence-electron chi connectivity index (χ0n) is 14.2. The third-order valence-electron chi connectivity index (χ3n) is 2.52. The first-order chi connectivity index (χ1) is 9.95. The topological polar surface area (TPSA) is 90.9 Å². The molecule has 0 aromatic heterocycles. The van der Waals surface area contributed by atoms with E-state index in [0.717, 1.165) is 0 Å². The predicted octanol–water partition coefficient (Wildman–Crippen LogP) is 1.40.